The normalized spacial score (nSPS) is 10.6. The Balaban J connectivity index is 1.55. The first kappa shape index (κ1) is 27.7. The second-order valence-electron chi connectivity index (χ2n) is 9.67. The zero-order valence-corrected chi connectivity index (χ0v) is 22.1. The number of carbonyl (C=O) groups is 3. The maximum Gasteiger partial charge on any atom is 0.338 e. The van der Waals surface area contributed by atoms with Crippen LogP contribution in [0.2, 0.25) is 0 Å². The van der Waals surface area contributed by atoms with Crippen LogP contribution in [-0.4, -0.2) is 38.6 Å². The Bertz CT molecular complexity index is 1600. The number of anilines is 1. The van der Waals surface area contributed by atoms with Crippen LogP contribution in [0.5, 0.6) is 0 Å². The van der Waals surface area contributed by atoms with E-state index >= 15 is 0 Å². The number of amides is 2. The van der Waals surface area contributed by atoms with E-state index in [0.29, 0.717) is 16.8 Å². The van der Waals surface area contributed by atoms with Gasteiger partial charge in [-0.15, -0.1) is 0 Å². The molecule has 0 aliphatic carbocycles. The van der Waals surface area contributed by atoms with Gasteiger partial charge in [0.05, 0.1) is 11.3 Å². The van der Waals surface area contributed by atoms with Crippen molar-refractivity contribution >= 4 is 23.6 Å². The molecule has 0 fully saturated rings. The monoisotopic (exact) mass is 534 g/mol. The average Bonchev–Trinajstić information content (AvgIpc) is 2.95. The quantitative estimate of drug-likeness (QED) is 0.144. The van der Waals surface area contributed by atoms with Crippen LogP contribution in [-0.2, 0) is 4.74 Å². The van der Waals surface area contributed by atoms with Crippen LogP contribution in [0.3, 0.4) is 0 Å². The number of aromatic nitrogens is 2. The molecule has 2 heterocycles. The van der Waals surface area contributed by atoms with E-state index in [9.17, 15) is 14.4 Å². The molecule has 4 aromatic rings. The number of pyridine rings is 2. The van der Waals surface area contributed by atoms with Crippen LogP contribution in [0, 0.1) is 11.8 Å². The van der Waals surface area contributed by atoms with Crippen LogP contribution < -0.4 is 10.8 Å². The summed E-state index contributed by atoms with van der Waals surface area (Å²) in [6, 6.07) is 19.7. The Morgan fingerprint density at radius 1 is 0.825 bits per heavy atom. The molecule has 9 heteroatoms. The third-order valence-electron chi connectivity index (χ3n) is 5.41. The fraction of sp³-hybridized carbons (Fsp3) is 0.129. The molecule has 2 amide bonds. The molecule has 0 aliphatic heterocycles. The molecular formula is C31H26N4O5. The van der Waals surface area contributed by atoms with Gasteiger partial charge in [-0.3, -0.25) is 19.8 Å². The molecule has 2 aromatic heterocycles. The summed E-state index contributed by atoms with van der Waals surface area (Å²) >= 11 is 0. The minimum atomic E-state index is -0.764. The third-order valence-corrected chi connectivity index (χ3v) is 5.41. The van der Waals surface area contributed by atoms with Gasteiger partial charge in [-0.1, -0.05) is 24.0 Å². The number of nitrogens with zero attached hydrogens (tertiary/aromatic N) is 2. The second kappa shape index (κ2) is 12.0. The first-order valence-corrected chi connectivity index (χ1v) is 12.2. The molecule has 0 spiro atoms. The Morgan fingerprint density at radius 3 is 2.12 bits per heavy atom. The summed E-state index contributed by atoms with van der Waals surface area (Å²) in [5.41, 5.74) is 4.23. The largest absolute Gasteiger partial charge is 0.456 e. The fourth-order valence-electron chi connectivity index (χ4n) is 3.53. The molecule has 3 N–H and O–H groups in total. The molecule has 0 aliphatic rings. The van der Waals surface area contributed by atoms with Crippen LogP contribution in [0.25, 0.3) is 11.3 Å². The zero-order valence-electron chi connectivity index (χ0n) is 22.1. The maximum atomic E-state index is 12.9. The van der Waals surface area contributed by atoms with E-state index in [1.54, 1.807) is 50.8 Å². The maximum absolute atomic E-state index is 12.9. The van der Waals surface area contributed by atoms with Crippen LogP contribution >= 0.6 is 0 Å². The zero-order chi connectivity index (χ0) is 28.7. The molecule has 200 valence electrons. The SMILES string of the molecule is CC(C)(C)OC(=O)c1ccc(C(=O)Nc2cc(C(=O)NO)cc(-c3ccc(C#Cc4cccnc4)cc3)n2)cc1. The van der Waals surface area contributed by atoms with Gasteiger partial charge in [0.1, 0.15) is 11.4 Å². The summed E-state index contributed by atoms with van der Waals surface area (Å²) in [6.45, 7) is 5.31. The van der Waals surface area contributed by atoms with Gasteiger partial charge in [-0.25, -0.2) is 15.3 Å². The standard InChI is InChI=1S/C31H26N4O5/c1-31(2,3)40-30(38)24-14-12-23(13-15-24)28(36)34-27-18-25(29(37)35-39)17-26(33-27)22-10-8-20(9-11-22)6-7-21-5-4-16-32-19-21/h4-5,8-19,39H,1-3H3,(H,35,37)(H,33,34,36). The average molecular weight is 535 g/mol. The number of ether oxygens (including phenoxy) is 1. The molecule has 0 saturated carbocycles. The molecule has 9 nitrogen and oxygen atoms in total. The van der Waals surface area contributed by atoms with Gasteiger partial charge in [0.15, 0.2) is 0 Å². The number of carbonyl (C=O) groups excluding carboxylic acids is 3. The minimum Gasteiger partial charge on any atom is -0.456 e. The van der Waals surface area contributed by atoms with Crippen molar-refractivity contribution in [1.82, 2.24) is 15.4 Å². The lowest BCUT2D eigenvalue weighted by Gasteiger charge is -2.19. The molecule has 0 radical (unpaired) electrons. The summed E-state index contributed by atoms with van der Waals surface area (Å²) in [7, 11) is 0. The highest BCUT2D eigenvalue weighted by Crippen LogP contribution is 2.23. The van der Waals surface area contributed by atoms with Crippen LogP contribution in [0.4, 0.5) is 5.82 Å². The van der Waals surface area contributed by atoms with Crippen molar-refractivity contribution < 1.29 is 24.3 Å². The second-order valence-corrected chi connectivity index (χ2v) is 9.67. The van der Waals surface area contributed by atoms with Gasteiger partial charge in [0.25, 0.3) is 11.8 Å². The number of hydroxylamine groups is 1. The lowest BCUT2D eigenvalue weighted by Crippen LogP contribution is -2.24. The van der Waals surface area contributed by atoms with Crippen molar-refractivity contribution in [3.8, 4) is 23.1 Å². The summed E-state index contributed by atoms with van der Waals surface area (Å²) in [4.78, 5) is 45.9. The first-order chi connectivity index (χ1) is 19.1. The molecular weight excluding hydrogens is 508 g/mol. The highest BCUT2D eigenvalue weighted by atomic mass is 16.6. The first-order valence-electron chi connectivity index (χ1n) is 12.2. The van der Waals surface area contributed by atoms with E-state index in [1.165, 1.54) is 36.4 Å². The van der Waals surface area contributed by atoms with E-state index in [0.717, 1.165) is 11.1 Å². The molecule has 40 heavy (non-hydrogen) atoms. The van der Waals surface area contributed by atoms with Crippen molar-refractivity contribution in [3.05, 3.63) is 113 Å². The smallest absolute Gasteiger partial charge is 0.338 e. The molecule has 0 atom stereocenters. The summed E-state index contributed by atoms with van der Waals surface area (Å²) in [6.07, 6.45) is 3.35. The summed E-state index contributed by atoms with van der Waals surface area (Å²) in [5.74, 6) is 4.43. The summed E-state index contributed by atoms with van der Waals surface area (Å²) in [5, 5.41) is 11.8. The van der Waals surface area contributed by atoms with Gasteiger partial charge in [-0.2, -0.15) is 0 Å². The highest BCUT2D eigenvalue weighted by Gasteiger charge is 2.19. The molecule has 0 unspecified atom stereocenters. The number of hydrogen-bond donors (Lipinski definition) is 3. The van der Waals surface area contributed by atoms with Crippen molar-refractivity contribution in [3.63, 3.8) is 0 Å². The minimum absolute atomic E-state index is 0.0866. The van der Waals surface area contributed by atoms with Gasteiger partial charge in [-0.05, 0) is 81.4 Å². The lowest BCUT2D eigenvalue weighted by molar-refractivity contribution is 0.00692. The van der Waals surface area contributed by atoms with Crippen molar-refractivity contribution in [1.29, 1.82) is 0 Å². The van der Waals surface area contributed by atoms with Crippen LogP contribution in [0.1, 0.15) is 63.0 Å². The third kappa shape index (κ3) is 7.37. The van der Waals surface area contributed by atoms with Crippen molar-refractivity contribution in [2.24, 2.45) is 0 Å². The van der Waals surface area contributed by atoms with Crippen molar-refractivity contribution in [2.45, 2.75) is 26.4 Å². The topological polar surface area (TPSA) is 131 Å². The van der Waals surface area contributed by atoms with E-state index < -0.39 is 23.4 Å². The number of rotatable bonds is 5. The Hall–Kier alpha value is -5.33. The Labute approximate surface area is 231 Å². The van der Waals surface area contributed by atoms with E-state index in [4.69, 9.17) is 9.94 Å². The van der Waals surface area contributed by atoms with E-state index in [1.807, 2.05) is 24.3 Å². The van der Waals surface area contributed by atoms with Gasteiger partial charge in [0.2, 0.25) is 0 Å². The van der Waals surface area contributed by atoms with Crippen molar-refractivity contribution in [2.75, 3.05) is 5.32 Å². The van der Waals surface area contributed by atoms with E-state index in [2.05, 4.69) is 27.1 Å². The van der Waals surface area contributed by atoms with Gasteiger partial charge in [0, 0.05) is 40.2 Å². The predicted molar refractivity (Wildman–Crippen MR) is 149 cm³/mol. The van der Waals surface area contributed by atoms with Gasteiger partial charge >= 0.3 is 5.97 Å². The number of esters is 1. The van der Waals surface area contributed by atoms with Crippen LogP contribution in [0.15, 0.2) is 85.2 Å². The Morgan fingerprint density at radius 2 is 1.50 bits per heavy atom. The number of nitrogens with one attached hydrogen (secondary N) is 2. The molecule has 4 rings (SSSR count). The Kier molecular flexibility index (Phi) is 8.33. The predicted octanol–water partition coefficient (Wildman–Crippen LogP) is 4.87. The lowest BCUT2D eigenvalue weighted by atomic mass is 10.1. The highest BCUT2D eigenvalue weighted by molar-refractivity contribution is 6.05. The molecule has 0 saturated heterocycles. The fourth-order valence-corrected chi connectivity index (χ4v) is 3.53. The number of hydrogen-bond acceptors (Lipinski definition) is 7. The summed E-state index contributed by atoms with van der Waals surface area (Å²) < 4.78 is 5.34. The molecule has 0 bridgehead atoms. The van der Waals surface area contributed by atoms with Gasteiger partial charge < -0.3 is 10.1 Å². The molecule has 2 aromatic carbocycles. The number of benzene rings is 2. The van der Waals surface area contributed by atoms with E-state index in [-0.39, 0.29) is 16.9 Å².